The molecule has 0 aromatic heterocycles. The molecule has 0 unspecified atom stereocenters. The Labute approximate surface area is 191 Å². The number of amides is 1. The molecule has 1 saturated heterocycles. The summed E-state index contributed by atoms with van der Waals surface area (Å²) in [6, 6.07) is 21.7. The van der Waals surface area contributed by atoms with Crippen LogP contribution in [0, 0.1) is 5.41 Å². The number of anilines is 1. The van der Waals surface area contributed by atoms with Crippen LogP contribution >= 0.6 is 0 Å². The Kier molecular flexibility index (Phi) is 3.99. The zero-order chi connectivity index (χ0) is 23.0. The second kappa shape index (κ2) is 6.62. The molecule has 1 fully saturated rings. The predicted octanol–water partition coefficient (Wildman–Crippen LogP) is 3.64. The average Bonchev–Trinajstić information content (AvgIpc) is 3.39. The van der Waals surface area contributed by atoms with Crippen LogP contribution in [0.2, 0.25) is 0 Å². The smallest absolute Gasteiger partial charge is 0.251 e. The van der Waals surface area contributed by atoms with Gasteiger partial charge in [-0.15, -0.1) is 0 Å². The van der Waals surface area contributed by atoms with Crippen molar-refractivity contribution in [3.63, 3.8) is 0 Å². The Morgan fingerprint density at radius 2 is 1.58 bits per heavy atom. The number of carbonyl (C=O) groups excluding carboxylic acids is 3. The second-order valence-electron chi connectivity index (χ2n) is 8.93. The first-order chi connectivity index (χ1) is 16.0. The number of benzene rings is 3. The number of methoxy groups -OCH3 is 1. The standard InChI is InChI=1S/C27H22N2O4/c1-29-15-21(16-8-7-9-17(14-16)33-2)26(23(30)18-10-3-4-11-19(18)24(26)31)27(29)20-12-5-6-13-22(20)28-25(27)32/h3-14,21H,15H2,1-2H3,(H,28,32)/t21-,27-/m1/s1. The topological polar surface area (TPSA) is 75.7 Å². The summed E-state index contributed by atoms with van der Waals surface area (Å²) in [5.74, 6) is -0.842. The maximum atomic E-state index is 14.4. The maximum absolute atomic E-state index is 14.4. The molecule has 1 amide bonds. The van der Waals surface area contributed by atoms with Crippen molar-refractivity contribution < 1.29 is 19.1 Å². The van der Waals surface area contributed by atoms with E-state index in [-0.39, 0.29) is 17.5 Å². The van der Waals surface area contributed by atoms with E-state index in [1.807, 2.05) is 60.5 Å². The summed E-state index contributed by atoms with van der Waals surface area (Å²) in [7, 11) is 3.41. The highest BCUT2D eigenvalue weighted by molar-refractivity contribution is 6.34. The Morgan fingerprint density at radius 3 is 2.27 bits per heavy atom. The molecule has 0 bridgehead atoms. The number of hydrogen-bond acceptors (Lipinski definition) is 5. The largest absolute Gasteiger partial charge is 0.497 e. The van der Waals surface area contributed by atoms with Crippen LogP contribution in [-0.2, 0) is 10.3 Å². The van der Waals surface area contributed by atoms with Crippen molar-refractivity contribution >= 4 is 23.2 Å². The number of fused-ring (bicyclic) bond motifs is 4. The number of nitrogens with zero attached hydrogens (tertiary/aromatic N) is 1. The van der Waals surface area contributed by atoms with Crippen molar-refractivity contribution in [1.29, 1.82) is 0 Å². The molecule has 6 rings (SSSR count). The van der Waals surface area contributed by atoms with Crippen LogP contribution in [-0.4, -0.2) is 43.1 Å². The van der Waals surface area contributed by atoms with E-state index in [1.54, 1.807) is 31.4 Å². The molecule has 0 radical (unpaired) electrons. The van der Waals surface area contributed by atoms with E-state index in [1.165, 1.54) is 0 Å². The molecule has 2 spiro atoms. The molecular weight excluding hydrogens is 416 g/mol. The minimum Gasteiger partial charge on any atom is -0.497 e. The molecule has 3 aromatic rings. The van der Waals surface area contributed by atoms with E-state index in [9.17, 15) is 14.4 Å². The first-order valence-corrected chi connectivity index (χ1v) is 10.9. The fourth-order valence-corrected chi connectivity index (χ4v) is 6.38. The number of para-hydroxylation sites is 1. The monoisotopic (exact) mass is 438 g/mol. The molecule has 2 heterocycles. The van der Waals surface area contributed by atoms with Gasteiger partial charge in [-0.3, -0.25) is 19.3 Å². The van der Waals surface area contributed by atoms with Crippen molar-refractivity contribution in [2.75, 3.05) is 26.0 Å². The quantitative estimate of drug-likeness (QED) is 0.619. The normalized spacial score (nSPS) is 24.9. The molecule has 6 nitrogen and oxygen atoms in total. The van der Waals surface area contributed by atoms with E-state index in [0.29, 0.717) is 34.7 Å². The summed E-state index contributed by atoms with van der Waals surface area (Å²) >= 11 is 0. The third kappa shape index (κ3) is 2.14. The minimum absolute atomic E-state index is 0.299. The molecule has 33 heavy (non-hydrogen) atoms. The van der Waals surface area contributed by atoms with Gasteiger partial charge in [0.2, 0.25) is 0 Å². The van der Waals surface area contributed by atoms with Crippen molar-refractivity contribution in [3.05, 3.63) is 95.1 Å². The van der Waals surface area contributed by atoms with Crippen LogP contribution in [0.1, 0.15) is 37.8 Å². The lowest BCUT2D eigenvalue weighted by atomic mass is 9.58. The predicted molar refractivity (Wildman–Crippen MR) is 123 cm³/mol. The maximum Gasteiger partial charge on any atom is 0.251 e. The minimum atomic E-state index is -1.63. The highest BCUT2D eigenvalue weighted by atomic mass is 16.5. The fourth-order valence-electron chi connectivity index (χ4n) is 6.38. The lowest BCUT2D eigenvalue weighted by Gasteiger charge is -2.42. The Hall–Kier alpha value is -3.77. The third-order valence-corrected chi connectivity index (χ3v) is 7.64. The van der Waals surface area contributed by atoms with Crippen LogP contribution in [0.5, 0.6) is 5.75 Å². The van der Waals surface area contributed by atoms with E-state index in [2.05, 4.69) is 5.32 Å². The lowest BCUT2D eigenvalue weighted by Crippen LogP contribution is -2.60. The number of Topliss-reactive ketones (excluding diaryl/α,β-unsaturated/α-hetero) is 2. The highest BCUT2D eigenvalue weighted by Gasteiger charge is 2.78. The van der Waals surface area contributed by atoms with Crippen molar-refractivity contribution in [2.45, 2.75) is 11.5 Å². The van der Waals surface area contributed by atoms with Gasteiger partial charge in [0.05, 0.1) is 7.11 Å². The number of carbonyl (C=O) groups is 3. The van der Waals surface area contributed by atoms with Gasteiger partial charge in [-0.25, -0.2) is 0 Å². The van der Waals surface area contributed by atoms with Crippen LogP contribution in [0.3, 0.4) is 0 Å². The first kappa shape index (κ1) is 19.9. The summed E-state index contributed by atoms with van der Waals surface area (Å²) in [4.78, 5) is 44.5. The number of hydrogen-bond donors (Lipinski definition) is 1. The number of nitrogens with one attached hydrogen (secondary N) is 1. The van der Waals surface area contributed by atoms with Gasteiger partial charge in [-0.2, -0.15) is 0 Å². The zero-order valence-electron chi connectivity index (χ0n) is 18.3. The lowest BCUT2D eigenvalue weighted by molar-refractivity contribution is -0.128. The summed E-state index contributed by atoms with van der Waals surface area (Å²) in [5.41, 5.74) is -0.234. The van der Waals surface area contributed by atoms with Gasteiger partial charge < -0.3 is 10.1 Å². The summed E-state index contributed by atoms with van der Waals surface area (Å²) in [6.45, 7) is 0.361. The third-order valence-electron chi connectivity index (χ3n) is 7.64. The molecule has 0 saturated carbocycles. The average molecular weight is 438 g/mol. The van der Waals surface area contributed by atoms with Crippen molar-refractivity contribution in [1.82, 2.24) is 4.90 Å². The number of ether oxygens (including phenoxy) is 1. The molecule has 3 aliphatic rings. The first-order valence-electron chi connectivity index (χ1n) is 10.9. The van der Waals surface area contributed by atoms with Crippen LogP contribution in [0.25, 0.3) is 0 Å². The molecular formula is C27H22N2O4. The summed E-state index contributed by atoms with van der Waals surface area (Å²) in [5, 5.41) is 2.96. The number of likely N-dealkylation sites (N-methyl/N-ethyl adjacent to an activating group) is 1. The highest BCUT2D eigenvalue weighted by Crippen LogP contribution is 2.66. The van der Waals surface area contributed by atoms with Gasteiger partial charge in [0.25, 0.3) is 5.91 Å². The summed E-state index contributed by atoms with van der Waals surface area (Å²) < 4.78 is 5.44. The van der Waals surface area contributed by atoms with Gasteiger partial charge in [-0.05, 0) is 30.8 Å². The van der Waals surface area contributed by atoms with E-state index >= 15 is 0 Å². The van der Waals surface area contributed by atoms with Crippen LogP contribution in [0.15, 0.2) is 72.8 Å². The molecule has 2 aliphatic heterocycles. The van der Waals surface area contributed by atoms with Crippen molar-refractivity contribution in [3.8, 4) is 5.75 Å². The van der Waals surface area contributed by atoms with Gasteiger partial charge in [0.15, 0.2) is 11.6 Å². The molecule has 1 N–H and O–H groups in total. The van der Waals surface area contributed by atoms with E-state index in [4.69, 9.17) is 4.74 Å². The number of likely N-dealkylation sites (tertiary alicyclic amines) is 1. The zero-order valence-corrected chi connectivity index (χ0v) is 18.3. The molecule has 3 aromatic carbocycles. The number of rotatable bonds is 2. The molecule has 1 aliphatic carbocycles. The van der Waals surface area contributed by atoms with Gasteiger partial charge in [-0.1, -0.05) is 54.6 Å². The van der Waals surface area contributed by atoms with Gasteiger partial charge in [0.1, 0.15) is 16.7 Å². The molecule has 164 valence electrons. The SMILES string of the molecule is COc1cccc([C@H]2CN(C)[C@]3(C(=O)Nc4ccccc43)C23C(=O)c2ccccc2C3=O)c1. The van der Waals surface area contributed by atoms with E-state index < -0.39 is 16.9 Å². The molecule has 6 heteroatoms. The van der Waals surface area contributed by atoms with Crippen molar-refractivity contribution in [2.24, 2.45) is 5.41 Å². The van der Waals surface area contributed by atoms with Crippen LogP contribution < -0.4 is 10.1 Å². The number of ketones is 2. The van der Waals surface area contributed by atoms with Crippen LogP contribution in [0.4, 0.5) is 5.69 Å². The van der Waals surface area contributed by atoms with E-state index in [0.717, 1.165) is 5.56 Å². The summed E-state index contributed by atoms with van der Waals surface area (Å²) in [6.07, 6.45) is 0. The second-order valence-corrected chi connectivity index (χ2v) is 8.93. The molecule has 2 atom stereocenters. The Balaban J connectivity index is 1.71. The Bertz CT molecular complexity index is 1330. The fraction of sp³-hybridized carbons (Fsp3) is 0.222. The Morgan fingerprint density at radius 1 is 0.909 bits per heavy atom. The van der Waals surface area contributed by atoms with Gasteiger partial charge >= 0.3 is 0 Å². The van der Waals surface area contributed by atoms with Gasteiger partial charge in [0, 0.05) is 34.8 Å².